The molecule has 0 fully saturated rings. The minimum atomic E-state index is 0.884. The van der Waals surface area contributed by atoms with Crippen LogP contribution in [0.3, 0.4) is 0 Å². The van der Waals surface area contributed by atoms with Gasteiger partial charge in [0.15, 0.2) is 0 Å². The highest BCUT2D eigenvalue weighted by atomic mass is 16.3. The average molecular weight is 590 g/mol. The summed E-state index contributed by atoms with van der Waals surface area (Å²) in [6, 6.07) is 51.9. The Morgan fingerprint density at radius 2 is 0.848 bits per heavy atom. The number of aromatic nitrogens is 1. The maximum atomic E-state index is 6.55. The number of para-hydroxylation sites is 2. The van der Waals surface area contributed by atoms with Crippen LogP contribution in [0.1, 0.15) is 5.56 Å². The van der Waals surface area contributed by atoms with Gasteiger partial charge in [0, 0.05) is 44.1 Å². The van der Waals surface area contributed by atoms with E-state index in [0.29, 0.717) is 0 Å². The van der Waals surface area contributed by atoms with E-state index in [4.69, 9.17) is 8.83 Å². The number of furan rings is 2. The van der Waals surface area contributed by atoms with Crippen molar-refractivity contribution in [3.63, 3.8) is 0 Å². The number of rotatable bonds is 3. The predicted octanol–water partition coefficient (Wildman–Crippen LogP) is 12.2. The lowest BCUT2D eigenvalue weighted by Crippen LogP contribution is -1.93. The molecule has 3 nitrogen and oxygen atoms in total. The Morgan fingerprint density at radius 1 is 0.370 bits per heavy atom. The zero-order valence-corrected chi connectivity index (χ0v) is 25.1. The van der Waals surface area contributed by atoms with E-state index < -0.39 is 0 Å². The lowest BCUT2D eigenvalue weighted by atomic mass is 9.97. The Bertz CT molecular complexity index is 2770. The van der Waals surface area contributed by atoms with E-state index in [0.717, 1.165) is 71.8 Å². The second-order valence-electron chi connectivity index (χ2n) is 12.3. The number of nitrogens with zero attached hydrogens (tertiary/aromatic N) is 1. The van der Waals surface area contributed by atoms with Crippen LogP contribution in [0.2, 0.25) is 0 Å². The number of hydrogen-bond donors (Lipinski definition) is 0. The lowest BCUT2D eigenvalue weighted by molar-refractivity contribution is 0.668. The summed E-state index contributed by atoms with van der Waals surface area (Å²) in [5.41, 5.74) is 12.8. The third kappa shape index (κ3) is 3.72. The standard InChI is InChI=1S/C43H27NO2/c1-26-13-17-34-35-18-14-29(23-41(35)45-40(34)21-26)27-7-6-8-28(22-27)30-15-19-36-37-20-16-31(25-43(37)46-42(36)24-30)44-38-11-4-2-9-32(38)33-10-3-5-12-39(33)44/h2-25H,1H3. The summed E-state index contributed by atoms with van der Waals surface area (Å²) in [4.78, 5) is 0. The van der Waals surface area contributed by atoms with Gasteiger partial charge in [-0.2, -0.15) is 0 Å². The van der Waals surface area contributed by atoms with E-state index in [1.54, 1.807) is 0 Å². The number of fused-ring (bicyclic) bond motifs is 9. The highest BCUT2D eigenvalue weighted by Gasteiger charge is 2.15. The Kier molecular flexibility index (Phi) is 5.20. The van der Waals surface area contributed by atoms with E-state index in [-0.39, 0.29) is 0 Å². The Balaban J connectivity index is 1.05. The molecule has 216 valence electrons. The molecule has 0 radical (unpaired) electrons. The molecule has 0 amide bonds. The maximum absolute atomic E-state index is 6.55. The maximum Gasteiger partial charge on any atom is 0.137 e. The molecule has 0 aliphatic heterocycles. The van der Waals surface area contributed by atoms with Crippen LogP contribution in [0.15, 0.2) is 154 Å². The van der Waals surface area contributed by atoms with Crippen LogP contribution in [0.4, 0.5) is 0 Å². The van der Waals surface area contributed by atoms with Crippen molar-refractivity contribution < 1.29 is 8.83 Å². The van der Waals surface area contributed by atoms with Gasteiger partial charge in [-0.15, -0.1) is 0 Å². The van der Waals surface area contributed by atoms with Crippen molar-refractivity contribution in [1.82, 2.24) is 4.57 Å². The number of benzene rings is 7. The SMILES string of the molecule is Cc1ccc2c(c1)oc1cc(-c3cccc(-c4ccc5c(c4)oc4cc(-n6c7ccccc7c7ccccc76)ccc45)c3)ccc12. The normalized spacial score (nSPS) is 12.0. The smallest absolute Gasteiger partial charge is 0.137 e. The average Bonchev–Trinajstić information content (AvgIpc) is 3.76. The molecule has 0 saturated heterocycles. The molecule has 0 aliphatic rings. The van der Waals surface area contributed by atoms with Crippen molar-refractivity contribution in [1.29, 1.82) is 0 Å². The molecule has 0 saturated carbocycles. The zero-order valence-electron chi connectivity index (χ0n) is 25.1. The second-order valence-corrected chi connectivity index (χ2v) is 12.3. The van der Waals surface area contributed by atoms with Crippen molar-refractivity contribution in [2.75, 3.05) is 0 Å². The molecule has 0 atom stereocenters. The summed E-state index contributed by atoms with van der Waals surface area (Å²) in [5, 5.41) is 7.04. The summed E-state index contributed by atoms with van der Waals surface area (Å²) in [6.07, 6.45) is 0. The van der Waals surface area contributed by atoms with Gasteiger partial charge in [-0.25, -0.2) is 0 Å². The number of aryl methyl sites for hydroxylation is 1. The summed E-state index contributed by atoms with van der Waals surface area (Å²) in [7, 11) is 0. The summed E-state index contributed by atoms with van der Waals surface area (Å²) in [6.45, 7) is 2.09. The summed E-state index contributed by atoms with van der Waals surface area (Å²) < 4.78 is 15.1. The third-order valence-corrected chi connectivity index (χ3v) is 9.45. The van der Waals surface area contributed by atoms with Crippen LogP contribution < -0.4 is 0 Å². The van der Waals surface area contributed by atoms with Crippen LogP contribution in [0, 0.1) is 6.92 Å². The fourth-order valence-electron chi connectivity index (χ4n) is 7.23. The number of hydrogen-bond acceptors (Lipinski definition) is 2. The first kappa shape index (κ1) is 25.3. The first-order chi connectivity index (χ1) is 22.7. The largest absolute Gasteiger partial charge is 0.456 e. The first-order valence-electron chi connectivity index (χ1n) is 15.7. The van der Waals surface area contributed by atoms with E-state index >= 15 is 0 Å². The molecule has 3 aromatic heterocycles. The van der Waals surface area contributed by atoms with Gasteiger partial charge in [0.05, 0.1) is 11.0 Å². The Morgan fingerprint density at radius 3 is 1.46 bits per heavy atom. The lowest BCUT2D eigenvalue weighted by Gasteiger charge is -2.07. The van der Waals surface area contributed by atoms with E-state index in [1.165, 1.54) is 27.4 Å². The van der Waals surface area contributed by atoms with Gasteiger partial charge in [0.2, 0.25) is 0 Å². The van der Waals surface area contributed by atoms with Crippen molar-refractivity contribution in [2.24, 2.45) is 0 Å². The Labute approximate surface area is 264 Å². The van der Waals surface area contributed by atoms with Crippen molar-refractivity contribution in [3.05, 3.63) is 151 Å². The van der Waals surface area contributed by atoms with Crippen molar-refractivity contribution in [3.8, 4) is 27.9 Å². The van der Waals surface area contributed by atoms with Crippen LogP contribution in [-0.2, 0) is 0 Å². The highest BCUT2D eigenvalue weighted by molar-refractivity contribution is 6.11. The van der Waals surface area contributed by atoms with Gasteiger partial charge in [-0.1, -0.05) is 78.9 Å². The molecule has 7 aromatic carbocycles. The molecule has 0 aliphatic carbocycles. The second kappa shape index (κ2) is 9.47. The first-order valence-corrected chi connectivity index (χ1v) is 15.7. The molecular weight excluding hydrogens is 562 g/mol. The van der Waals surface area contributed by atoms with Crippen LogP contribution in [0.25, 0.3) is 93.6 Å². The van der Waals surface area contributed by atoms with Gasteiger partial charge in [-0.3, -0.25) is 0 Å². The van der Waals surface area contributed by atoms with Gasteiger partial charge >= 0.3 is 0 Å². The topological polar surface area (TPSA) is 31.2 Å². The van der Waals surface area contributed by atoms with Crippen LogP contribution >= 0.6 is 0 Å². The molecule has 10 aromatic rings. The van der Waals surface area contributed by atoms with E-state index in [9.17, 15) is 0 Å². The molecule has 10 rings (SSSR count). The molecular formula is C43H27NO2. The van der Waals surface area contributed by atoms with E-state index in [2.05, 4.69) is 157 Å². The summed E-state index contributed by atoms with van der Waals surface area (Å²) in [5.74, 6) is 0. The minimum absolute atomic E-state index is 0.884. The monoisotopic (exact) mass is 589 g/mol. The van der Waals surface area contributed by atoms with Gasteiger partial charge in [0.25, 0.3) is 0 Å². The van der Waals surface area contributed by atoms with Crippen LogP contribution in [0.5, 0.6) is 0 Å². The minimum Gasteiger partial charge on any atom is -0.456 e. The molecule has 46 heavy (non-hydrogen) atoms. The van der Waals surface area contributed by atoms with Crippen molar-refractivity contribution >= 4 is 65.7 Å². The highest BCUT2D eigenvalue weighted by Crippen LogP contribution is 2.38. The molecule has 0 bridgehead atoms. The van der Waals surface area contributed by atoms with Gasteiger partial charge < -0.3 is 13.4 Å². The quantitative estimate of drug-likeness (QED) is 0.205. The predicted molar refractivity (Wildman–Crippen MR) is 191 cm³/mol. The molecule has 0 spiro atoms. The zero-order chi connectivity index (χ0) is 30.4. The fraction of sp³-hybridized carbons (Fsp3) is 0.0233. The Hall–Kier alpha value is -6.06. The fourth-order valence-corrected chi connectivity index (χ4v) is 7.23. The third-order valence-electron chi connectivity index (χ3n) is 9.45. The van der Waals surface area contributed by atoms with Crippen LogP contribution in [-0.4, -0.2) is 4.57 Å². The summed E-state index contributed by atoms with van der Waals surface area (Å²) >= 11 is 0. The van der Waals surface area contributed by atoms with Gasteiger partial charge in [-0.05, 0) is 95.4 Å². The van der Waals surface area contributed by atoms with Gasteiger partial charge in [0.1, 0.15) is 22.3 Å². The van der Waals surface area contributed by atoms with Crippen molar-refractivity contribution in [2.45, 2.75) is 6.92 Å². The molecule has 0 N–H and O–H groups in total. The molecule has 0 unspecified atom stereocenters. The molecule has 3 heterocycles. The van der Waals surface area contributed by atoms with E-state index in [1.807, 2.05) is 0 Å². The molecule has 3 heteroatoms.